The van der Waals surface area contributed by atoms with Crippen LogP contribution in [-0.4, -0.2) is 40.9 Å². The van der Waals surface area contributed by atoms with Gasteiger partial charge < -0.3 is 24.3 Å². The van der Waals surface area contributed by atoms with E-state index in [1.807, 2.05) is 48.5 Å². The molecule has 1 unspecified atom stereocenters. The smallest absolute Gasteiger partial charge is 0.357 e. The number of aromatic amines is 1. The van der Waals surface area contributed by atoms with Gasteiger partial charge in [-0.2, -0.15) is 0 Å². The van der Waals surface area contributed by atoms with Crippen molar-refractivity contribution in [1.82, 2.24) is 9.97 Å². The van der Waals surface area contributed by atoms with Crippen LogP contribution in [0, 0.1) is 0 Å². The molecule has 0 saturated carbocycles. The Morgan fingerprint density at radius 3 is 2.68 bits per heavy atom. The lowest BCUT2D eigenvalue weighted by molar-refractivity contribution is 0.0286. The Hall–Kier alpha value is -3.42. The van der Waals surface area contributed by atoms with E-state index in [-0.39, 0.29) is 18.9 Å². The minimum Gasteiger partial charge on any atom is -0.489 e. The first-order valence-corrected chi connectivity index (χ1v) is 10.0. The van der Waals surface area contributed by atoms with Gasteiger partial charge in [0.1, 0.15) is 19.0 Å². The number of rotatable bonds is 8. The van der Waals surface area contributed by atoms with Crippen molar-refractivity contribution in [3.8, 4) is 5.75 Å². The third kappa shape index (κ3) is 4.52. The van der Waals surface area contributed by atoms with Gasteiger partial charge in [-0.25, -0.2) is 9.78 Å². The zero-order valence-corrected chi connectivity index (χ0v) is 17.4. The zero-order valence-electron chi connectivity index (χ0n) is 17.4. The van der Waals surface area contributed by atoms with E-state index in [1.54, 1.807) is 20.2 Å². The SMILES string of the molecule is COCc1c(C(=O)OCC(C)O)ncc2[nH]c3ccc(OCc4ccccc4)cc3c12. The molecule has 0 spiro atoms. The molecule has 2 N–H and O–H groups in total. The number of ether oxygens (including phenoxy) is 3. The maximum atomic E-state index is 12.6. The highest BCUT2D eigenvalue weighted by Gasteiger charge is 2.21. The second kappa shape index (κ2) is 9.16. The fraction of sp³-hybridized carbons (Fsp3) is 0.250. The summed E-state index contributed by atoms with van der Waals surface area (Å²) >= 11 is 0. The lowest BCUT2D eigenvalue weighted by atomic mass is 10.1. The number of carbonyl (C=O) groups is 1. The molecule has 0 aliphatic heterocycles. The minimum absolute atomic E-state index is 0.101. The predicted octanol–water partition coefficient (Wildman–Crippen LogP) is 3.98. The molecular weight excluding hydrogens is 396 g/mol. The number of hydrogen-bond donors (Lipinski definition) is 2. The summed E-state index contributed by atoms with van der Waals surface area (Å²) < 4.78 is 16.5. The lowest BCUT2D eigenvalue weighted by Gasteiger charge is -2.11. The number of hydrogen-bond acceptors (Lipinski definition) is 6. The van der Waals surface area contributed by atoms with Gasteiger partial charge >= 0.3 is 5.97 Å². The van der Waals surface area contributed by atoms with E-state index >= 15 is 0 Å². The van der Waals surface area contributed by atoms with Crippen molar-refractivity contribution in [3.63, 3.8) is 0 Å². The van der Waals surface area contributed by atoms with Crippen LogP contribution in [0.3, 0.4) is 0 Å². The van der Waals surface area contributed by atoms with Gasteiger partial charge in [-0.1, -0.05) is 30.3 Å². The van der Waals surface area contributed by atoms with E-state index in [0.29, 0.717) is 12.2 Å². The number of methoxy groups -OCH3 is 1. The fourth-order valence-corrected chi connectivity index (χ4v) is 3.50. The van der Waals surface area contributed by atoms with Gasteiger partial charge in [-0.3, -0.25) is 0 Å². The topological polar surface area (TPSA) is 93.7 Å². The molecular formula is C24H24N2O5. The van der Waals surface area contributed by atoms with Gasteiger partial charge in [-0.05, 0) is 30.7 Å². The van der Waals surface area contributed by atoms with Gasteiger partial charge in [0.05, 0.1) is 24.4 Å². The molecule has 0 saturated heterocycles. The standard InChI is InChI=1S/C24H24N2O5/c1-15(27)12-31-24(28)23-19(14-29-2)22-18-10-17(30-13-16-6-4-3-5-7-16)8-9-20(18)26-21(22)11-25-23/h3-11,15,26-27H,12-14H2,1-2H3. The van der Waals surface area contributed by atoms with Crippen LogP contribution in [0.15, 0.2) is 54.7 Å². The van der Waals surface area contributed by atoms with E-state index in [0.717, 1.165) is 33.1 Å². The summed E-state index contributed by atoms with van der Waals surface area (Å²) in [7, 11) is 1.56. The number of nitrogens with one attached hydrogen (secondary N) is 1. The minimum atomic E-state index is -0.754. The van der Waals surface area contributed by atoms with Gasteiger partial charge in [-0.15, -0.1) is 0 Å². The quantitative estimate of drug-likeness (QED) is 0.419. The van der Waals surface area contributed by atoms with Crippen molar-refractivity contribution in [1.29, 1.82) is 0 Å². The molecule has 7 nitrogen and oxygen atoms in total. The molecule has 0 fully saturated rings. The molecule has 2 aromatic heterocycles. The Kier molecular flexibility index (Phi) is 6.16. The number of esters is 1. The Labute approximate surface area is 179 Å². The lowest BCUT2D eigenvalue weighted by Crippen LogP contribution is -2.18. The third-order valence-corrected chi connectivity index (χ3v) is 4.90. The second-order valence-corrected chi connectivity index (χ2v) is 7.36. The highest BCUT2D eigenvalue weighted by atomic mass is 16.5. The predicted molar refractivity (Wildman–Crippen MR) is 117 cm³/mol. The Morgan fingerprint density at radius 2 is 1.94 bits per heavy atom. The first kappa shape index (κ1) is 20.8. The summed E-state index contributed by atoms with van der Waals surface area (Å²) in [4.78, 5) is 20.2. The van der Waals surface area contributed by atoms with Crippen LogP contribution in [0.4, 0.5) is 0 Å². The maximum Gasteiger partial charge on any atom is 0.357 e. The fourth-order valence-electron chi connectivity index (χ4n) is 3.50. The summed E-state index contributed by atoms with van der Waals surface area (Å²) in [5.41, 5.74) is 3.56. The number of H-pyrrole nitrogens is 1. The average Bonchev–Trinajstić information content (AvgIpc) is 3.15. The largest absolute Gasteiger partial charge is 0.489 e. The Morgan fingerprint density at radius 1 is 1.13 bits per heavy atom. The highest BCUT2D eigenvalue weighted by molar-refractivity contribution is 6.11. The van der Waals surface area contributed by atoms with Crippen LogP contribution < -0.4 is 4.74 Å². The molecule has 160 valence electrons. The van der Waals surface area contributed by atoms with Crippen molar-refractivity contribution in [2.45, 2.75) is 26.2 Å². The third-order valence-electron chi connectivity index (χ3n) is 4.90. The molecule has 0 amide bonds. The van der Waals surface area contributed by atoms with E-state index < -0.39 is 12.1 Å². The summed E-state index contributed by atoms with van der Waals surface area (Å²) in [5.74, 6) is 0.122. The van der Waals surface area contributed by atoms with E-state index in [1.165, 1.54) is 0 Å². The summed E-state index contributed by atoms with van der Waals surface area (Å²) in [6.07, 6.45) is 0.855. The zero-order chi connectivity index (χ0) is 21.8. The molecule has 0 bridgehead atoms. The van der Waals surface area contributed by atoms with Gasteiger partial charge in [0, 0.05) is 29.0 Å². The number of fused-ring (bicyclic) bond motifs is 3. The first-order valence-electron chi connectivity index (χ1n) is 10.0. The van der Waals surface area contributed by atoms with Crippen LogP contribution in [0.25, 0.3) is 21.8 Å². The molecule has 2 heterocycles. The molecule has 0 radical (unpaired) electrons. The maximum absolute atomic E-state index is 12.6. The second-order valence-electron chi connectivity index (χ2n) is 7.36. The van der Waals surface area contributed by atoms with Gasteiger partial charge in [0.15, 0.2) is 5.69 Å². The average molecular weight is 420 g/mol. The number of carbonyl (C=O) groups excluding carboxylic acids is 1. The monoisotopic (exact) mass is 420 g/mol. The Balaban J connectivity index is 1.74. The molecule has 4 rings (SSSR count). The van der Waals surface area contributed by atoms with Crippen LogP contribution in [-0.2, 0) is 22.7 Å². The molecule has 7 heteroatoms. The number of pyridine rings is 1. The number of aromatic nitrogens is 2. The molecule has 4 aromatic rings. The summed E-state index contributed by atoms with van der Waals surface area (Å²) in [6.45, 7) is 2.09. The van der Waals surface area contributed by atoms with Crippen LogP contribution in [0.2, 0.25) is 0 Å². The first-order chi connectivity index (χ1) is 15.1. The molecule has 1 atom stereocenters. The van der Waals surface area contributed by atoms with Gasteiger partial charge in [0.25, 0.3) is 0 Å². The van der Waals surface area contributed by atoms with Crippen LogP contribution in [0.1, 0.15) is 28.5 Å². The highest BCUT2D eigenvalue weighted by Crippen LogP contribution is 2.33. The van der Waals surface area contributed by atoms with Crippen molar-refractivity contribution < 1.29 is 24.1 Å². The summed E-state index contributed by atoms with van der Waals surface area (Å²) in [6, 6.07) is 15.7. The molecule has 2 aromatic carbocycles. The number of aliphatic hydroxyl groups excluding tert-OH is 1. The van der Waals surface area contributed by atoms with Crippen molar-refractivity contribution in [2.24, 2.45) is 0 Å². The number of nitrogens with zero attached hydrogens (tertiary/aromatic N) is 1. The van der Waals surface area contributed by atoms with Crippen molar-refractivity contribution >= 4 is 27.8 Å². The molecule has 0 aliphatic carbocycles. The Bertz CT molecular complexity index is 1200. The van der Waals surface area contributed by atoms with E-state index in [4.69, 9.17) is 14.2 Å². The van der Waals surface area contributed by atoms with Crippen LogP contribution >= 0.6 is 0 Å². The normalized spacial score (nSPS) is 12.2. The number of benzene rings is 2. The number of aliphatic hydroxyl groups is 1. The van der Waals surface area contributed by atoms with E-state index in [9.17, 15) is 9.90 Å². The molecule has 31 heavy (non-hydrogen) atoms. The molecule has 0 aliphatic rings. The summed E-state index contributed by atoms with van der Waals surface area (Å²) in [5, 5.41) is 11.2. The van der Waals surface area contributed by atoms with Crippen LogP contribution in [0.5, 0.6) is 5.75 Å². The van der Waals surface area contributed by atoms with Gasteiger partial charge in [0.2, 0.25) is 0 Å². The van der Waals surface area contributed by atoms with Crippen molar-refractivity contribution in [3.05, 3.63) is 71.5 Å². The van der Waals surface area contributed by atoms with E-state index in [2.05, 4.69) is 9.97 Å². The van der Waals surface area contributed by atoms with Crippen molar-refractivity contribution in [2.75, 3.05) is 13.7 Å².